The van der Waals surface area contributed by atoms with Gasteiger partial charge in [0.25, 0.3) is 0 Å². The summed E-state index contributed by atoms with van der Waals surface area (Å²) >= 11 is 1.58. The monoisotopic (exact) mass is 898 g/mol. The Kier molecular flexibility index (Phi) is 14.2. The average Bonchev–Trinajstić information content (AvgIpc) is 3.83. The number of para-hydroxylation sites is 1. The van der Waals surface area contributed by atoms with E-state index in [9.17, 15) is 29.4 Å². The van der Waals surface area contributed by atoms with Crippen LogP contribution in [0.1, 0.15) is 64.1 Å². The van der Waals surface area contributed by atoms with Crippen LogP contribution in [0.5, 0.6) is 11.5 Å². The number of aromatic hydroxyl groups is 1. The summed E-state index contributed by atoms with van der Waals surface area (Å²) in [5, 5.41) is 37.5. The van der Waals surface area contributed by atoms with Gasteiger partial charge in [-0.2, -0.15) is 0 Å². The van der Waals surface area contributed by atoms with E-state index in [4.69, 9.17) is 19.9 Å². The number of nitrogens with zero attached hydrogens (tertiary/aromatic N) is 4. The molecule has 3 aliphatic carbocycles. The van der Waals surface area contributed by atoms with Crippen molar-refractivity contribution in [1.82, 2.24) is 36.0 Å². The van der Waals surface area contributed by atoms with Gasteiger partial charge in [-0.15, -0.1) is 21.5 Å². The number of β-amino-alcohol motifs (C(OH)–C–C–N with tert-alkyl or cyclic N) is 1. The van der Waals surface area contributed by atoms with Gasteiger partial charge in [0.2, 0.25) is 23.6 Å². The molecule has 4 fully saturated rings. The van der Waals surface area contributed by atoms with Gasteiger partial charge in [-0.05, 0) is 61.3 Å². The second-order valence-electron chi connectivity index (χ2n) is 18.4. The molecule has 0 radical (unpaired) electrons. The normalized spacial score (nSPS) is 21.6. The Balaban J connectivity index is 0.767. The largest absolute Gasteiger partial charge is 0.507 e. The zero-order valence-corrected chi connectivity index (χ0v) is 37.5. The number of nitrogens with one attached hydrogen (secondary N) is 3. The zero-order valence-electron chi connectivity index (χ0n) is 36.7. The van der Waals surface area contributed by atoms with E-state index in [1.165, 1.54) is 4.90 Å². The molecule has 4 aliphatic rings. The maximum absolute atomic E-state index is 13.9. The number of phenolic OH excluding ortho intramolecular Hbond substituents is 1. The molecule has 1 saturated heterocycles. The molecule has 8 rings (SSSR count). The van der Waals surface area contributed by atoms with E-state index in [1.807, 2.05) is 57.5 Å². The Bertz CT molecular complexity index is 2300. The highest BCUT2D eigenvalue weighted by molar-refractivity contribution is 7.13. The number of hydrogen-bond acceptors (Lipinski definition) is 14. The summed E-state index contributed by atoms with van der Waals surface area (Å²) in [7, 11) is 0. The van der Waals surface area contributed by atoms with Crippen LogP contribution in [0.25, 0.3) is 21.7 Å². The second-order valence-corrected chi connectivity index (χ2v) is 19.2. The number of anilines is 1. The van der Waals surface area contributed by atoms with Gasteiger partial charge < -0.3 is 51.0 Å². The van der Waals surface area contributed by atoms with Gasteiger partial charge in [0.15, 0.2) is 11.6 Å². The van der Waals surface area contributed by atoms with Gasteiger partial charge in [-0.1, -0.05) is 57.2 Å². The lowest BCUT2D eigenvalue weighted by molar-refractivity contribution is -0.217. The first-order chi connectivity index (χ1) is 30.5. The Morgan fingerprint density at radius 1 is 0.984 bits per heavy atom. The minimum Gasteiger partial charge on any atom is -0.507 e. The number of carbonyl (C=O) groups is 4. The molecule has 2 bridgehead atoms. The van der Waals surface area contributed by atoms with Crippen molar-refractivity contribution in [3.05, 3.63) is 71.4 Å². The predicted octanol–water partition coefficient (Wildman–Crippen LogP) is 3.76. The predicted molar refractivity (Wildman–Crippen MR) is 239 cm³/mol. The first-order valence-electron chi connectivity index (χ1n) is 21.6. The quantitative estimate of drug-likeness (QED) is 0.0694. The van der Waals surface area contributed by atoms with E-state index < -0.39 is 34.9 Å². The standard InChI is InChI=1S/C46H58N8O9S/c1-28-39(64-27-50-28)30-11-9-29(10-12-30)20-49-37(57)18-31-17-32(55)21-54(31)42(59)40(44(2,3)4)51-38(58)22-62-16-15-61-14-13-48-43(60)46-23-45(24-46,25-46)26-63-36-19-34(52-53-41(36)47)33-7-5-6-8-35(33)56/h5-12,19,27,31-32,40,55-56H,13-18,20-26H2,1-4H3,(H2,47,53)(H,48,60)(H,49,57)(H,51,58)/t31-,32+,40+,45?,46?/m0/s1. The summed E-state index contributed by atoms with van der Waals surface area (Å²) in [5.41, 5.74) is 10.6. The van der Waals surface area contributed by atoms with Gasteiger partial charge in [0.1, 0.15) is 24.1 Å². The van der Waals surface area contributed by atoms with Crippen LogP contribution in [0.15, 0.2) is 60.1 Å². The van der Waals surface area contributed by atoms with Crippen molar-refractivity contribution in [3.63, 3.8) is 0 Å². The van der Waals surface area contributed by atoms with Crippen molar-refractivity contribution in [3.8, 4) is 33.2 Å². The van der Waals surface area contributed by atoms with Crippen molar-refractivity contribution < 1.29 is 43.6 Å². The third-order valence-corrected chi connectivity index (χ3v) is 13.2. The molecule has 1 aliphatic heterocycles. The highest BCUT2D eigenvalue weighted by Crippen LogP contribution is 2.73. The smallest absolute Gasteiger partial charge is 0.246 e. The van der Waals surface area contributed by atoms with Crippen LogP contribution in [0.2, 0.25) is 0 Å². The Hall–Kier alpha value is -5.69. The van der Waals surface area contributed by atoms with Crippen molar-refractivity contribution in [2.75, 3.05) is 51.9 Å². The molecule has 2 aromatic carbocycles. The fourth-order valence-electron chi connectivity index (χ4n) is 8.97. The number of aliphatic hydroxyl groups is 1. The number of rotatable bonds is 20. The van der Waals surface area contributed by atoms with Crippen LogP contribution >= 0.6 is 11.3 Å². The molecule has 3 heterocycles. The fourth-order valence-corrected chi connectivity index (χ4v) is 9.78. The van der Waals surface area contributed by atoms with Crippen LogP contribution in [0.3, 0.4) is 0 Å². The molecular weight excluding hydrogens is 841 g/mol. The number of amides is 4. The molecule has 18 heteroatoms. The summed E-state index contributed by atoms with van der Waals surface area (Å²) in [6, 6.07) is 15.0. The molecule has 0 spiro atoms. The van der Waals surface area contributed by atoms with Crippen molar-refractivity contribution >= 4 is 40.8 Å². The lowest BCUT2D eigenvalue weighted by Crippen LogP contribution is -2.69. The van der Waals surface area contributed by atoms with Gasteiger partial charge in [-0.3, -0.25) is 19.2 Å². The van der Waals surface area contributed by atoms with Gasteiger partial charge in [0.05, 0.1) is 54.0 Å². The lowest BCUT2D eigenvalue weighted by Gasteiger charge is -2.68. The minimum absolute atomic E-state index is 0.0148. The molecule has 3 saturated carbocycles. The number of nitrogen functional groups attached to an aromatic ring is 1. The maximum Gasteiger partial charge on any atom is 0.246 e. The molecule has 4 aromatic rings. The minimum atomic E-state index is -0.926. The fraction of sp³-hybridized carbons (Fsp3) is 0.500. The molecule has 3 atom stereocenters. The molecule has 2 aromatic heterocycles. The lowest BCUT2D eigenvalue weighted by atomic mass is 9.35. The van der Waals surface area contributed by atoms with E-state index in [1.54, 1.807) is 41.7 Å². The van der Waals surface area contributed by atoms with Gasteiger partial charge in [-0.25, -0.2) is 4.98 Å². The number of phenols is 1. The number of carbonyl (C=O) groups excluding carboxylic acids is 4. The van der Waals surface area contributed by atoms with E-state index >= 15 is 0 Å². The Morgan fingerprint density at radius 3 is 2.42 bits per heavy atom. The number of thiazole rings is 1. The first-order valence-corrected chi connectivity index (χ1v) is 22.4. The topological polar surface area (TPSA) is 240 Å². The average molecular weight is 899 g/mol. The number of hydrogen-bond donors (Lipinski definition) is 6. The number of aryl methyl sites for hydroxylation is 1. The van der Waals surface area contributed by atoms with E-state index in [0.29, 0.717) is 56.0 Å². The maximum atomic E-state index is 13.9. The van der Waals surface area contributed by atoms with Crippen LogP contribution in [0.4, 0.5) is 5.82 Å². The van der Waals surface area contributed by atoms with Crippen molar-refractivity contribution in [2.45, 2.75) is 84.5 Å². The SMILES string of the molecule is Cc1ncsc1-c1ccc(CNC(=O)C[C@@H]2C[C@@H](O)CN2C(=O)[C@@H](NC(=O)COCCOCCNC(=O)C23CC(COc4cc(-c5ccccc5O)nnc4N)(C2)C3)C(C)(C)C)cc1. The zero-order chi connectivity index (χ0) is 45.6. The molecule has 4 amide bonds. The third kappa shape index (κ3) is 10.8. The van der Waals surface area contributed by atoms with Gasteiger partial charge >= 0.3 is 0 Å². The second kappa shape index (κ2) is 19.6. The number of likely N-dealkylation sites (tertiary alicyclic amines) is 1. The number of ether oxygens (including phenoxy) is 3. The van der Waals surface area contributed by atoms with Crippen LogP contribution in [-0.2, 0) is 35.2 Å². The van der Waals surface area contributed by atoms with Crippen molar-refractivity contribution in [1.29, 1.82) is 0 Å². The van der Waals surface area contributed by atoms with Crippen LogP contribution in [-0.4, -0.2) is 118 Å². The van der Waals surface area contributed by atoms with Crippen LogP contribution < -0.4 is 26.4 Å². The highest BCUT2D eigenvalue weighted by atomic mass is 32.1. The molecule has 7 N–H and O–H groups in total. The van der Waals surface area contributed by atoms with E-state index in [-0.39, 0.29) is 80.5 Å². The molecule has 17 nitrogen and oxygen atoms in total. The summed E-state index contributed by atoms with van der Waals surface area (Å²) in [6.45, 7) is 8.88. The Morgan fingerprint density at radius 2 is 1.72 bits per heavy atom. The molecule has 64 heavy (non-hydrogen) atoms. The summed E-state index contributed by atoms with van der Waals surface area (Å²) in [4.78, 5) is 59.9. The van der Waals surface area contributed by atoms with Crippen LogP contribution in [0, 0.1) is 23.2 Å². The van der Waals surface area contributed by atoms with E-state index in [0.717, 1.165) is 21.7 Å². The van der Waals surface area contributed by atoms with E-state index in [2.05, 4.69) is 31.1 Å². The first kappa shape index (κ1) is 46.3. The number of benzene rings is 2. The summed E-state index contributed by atoms with van der Waals surface area (Å²) in [5.74, 6) is -0.498. The number of nitrogens with two attached hydrogens (primary N) is 1. The molecular formula is C46H58N8O9S. The summed E-state index contributed by atoms with van der Waals surface area (Å²) < 4.78 is 17.2. The molecule has 342 valence electrons. The highest BCUT2D eigenvalue weighted by Gasteiger charge is 2.71. The molecule has 0 unspecified atom stereocenters. The third-order valence-electron chi connectivity index (χ3n) is 12.2. The van der Waals surface area contributed by atoms with Crippen molar-refractivity contribution in [2.24, 2.45) is 16.2 Å². The number of aliphatic hydroxyl groups excluding tert-OH is 1. The number of aromatic nitrogens is 3. The Labute approximate surface area is 376 Å². The van der Waals surface area contributed by atoms with Gasteiger partial charge in [0, 0.05) is 49.1 Å². The summed E-state index contributed by atoms with van der Waals surface area (Å²) in [6.07, 6.45) is 1.60.